The fourth-order valence-electron chi connectivity index (χ4n) is 2.03. The minimum atomic E-state index is 0.136. The van der Waals surface area contributed by atoms with Crippen LogP contribution in [0.4, 0.5) is 0 Å². The molecule has 0 unspecified atom stereocenters. The molecule has 17 heavy (non-hydrogen) atoms. The van der Waals surface area contributed by atoms with Gasteiger partial charge in [0.2, 0.25) is 0 Å². The first kappa shape index (κ1) is 12.4. The summed E-state index contributed by atoms with van der Waals surface area (Å²) in [7, 11) is 0. The van der Waals surface area contributed by atoms with Crippen LogP contribution in [-0.4, -0.2) is 22.8 Å². The van der Waals surface area contributed by atoms with Crippen LogP contribution in [0.2, 0.25) is 5.02 Å². The Balaban J connectivity index is 2.46. The molecule has 2 rings (SSSR count). The Morgan fingerprint density at radius 2 is 2.24 bits per heavy atom. The number of aliphatic hydroxyl groups excluding tert-OH is 1. The summed E-state index contributed by atoms with van der Waals surface area (Å²) in [6.07, 6.45) is 2.08. The molecule has 0 saturated carbocycles. The fraction of sp³-hybridized carbons (Fsp3) is 0.385. The zero-order valence-electron chi connectivity index (χ0n) is 9.91. The maximum atomic E-state index is 9.06. The molecule has 0 amide bonds. The molecule has 2 aromatic rings. The van der Waals surface area contributed by atoms with Crippen molar-refractivity contribution in [1.82, 2.24) is 9.88 Å². The van der Waals surface area contributed by atoms with Gasteiger partial charge in [-0.05, 0) is 24.2 Å². The summed E-state index contributed by atoms with van der Waals surface area (Å²) in [6.45, 7) is 4.61. The van der Waals surface area contributed by atoms with Gasteiger partial charge in [0.15, 0.2) is 0 Å². The van der Waals surface area contributed by atoms with Gasteiger partial charge in [0.05, 0.1) is 6.61 Å². The van der Waals surface area contributed by atoms with Crippen LogP contribution in [0.25, 0.3) is 10.9 Å². The molecule has 0 saturated heterocycles. The lowest BCUT2D eigenvalue weighted by Crippen LogP contribution is -2.11. The topological polar surface area (TPSA) is 37.2 Å². The van der Waals surface area contributed by atoms with Gasteiger partial charge in [-0.1, -0.05) is 24.6 Å². The number of hydrogen-bond donors (Lipinski definition) is 2. The molecule has 1 aromatic heterocycles. The van der Waals surface area contributed by atoms with E-state index in [1.165, 1.54) is 10.9 Å². The van der Waals surface area contributed by atoms with Crippen LogP contribution in [-0.2, 0) is 13.1 Å². The fourth-order valence-corrected chi connectivity index (χ4v) is 2.20. The minimum absolute atomic E-state index is 0.136. The molecule has 0 bridgehead atoms. The summed E-state index contributed by atoms with van der Waals surface area (Å²) in [5.74, 6) is 0. The predicted octanol–water partition coefficient (Wildman–Crippen LogP) is 2.40. The van der Waals surface area contributed by atoms with E-state index in [0.717, 1.165) is 23.6 Å². The summed E-state index contributed by atoms with van der Waals surface area (Å²) < 4.78 is 2.05. The third-order valence-corrected chi connectivity index (χ3v) is 3.07. The van der Waals surface area contributed by atoms with Crippen LogP contribution in [0.3, 0.4) is 0 Å². The Kier molecular flexibility index (Phi) is 4.05. The van der Waals surface area contributed by atoms with E-state index >= 15 is 0 Å². The second-order valence-electron chi connectivity index (χ2n) is 4.01. The van der Waals surface area contributed by atoms with Gasteiger partial charge in [-0.2, -0.15) is 0 Å². The van der Waals surface area contributed by atoms with Crippen LogP contribution in [0.1, 0.15) is 12.5 Å². The summed E-state index contributed by atoms with van der Waals surface area (Å²) in [4.78, 5) is 0. The number of hydrogen-bond acceptors (Lipinski definition) is 2. The highest BCUT2D eigenvalue weighted by atomic mass is 35.5. The third kappa shape index (κ3) is 2.63. The Hall–Kier alpha value is -1.03. The molecule has 3 nitrogen and oxygen atoms in total. The third-order valence-electron chi connectivity index (χ3n) is 2.83. The van der Waals surface area contributed by atoms with Crippen molar-refractivity contribution < 1.29 is 5.11 Å². The molecule has 0 atom stereocenters. The van der Waals surface area contributed by atoms with Gasteiger partial charge < -0.3 is 15.0 Å². The minimum Gasteiger partial charge on any atom is -0.395 e. The Labute approximate surface area is 106 Å². The lowest BCUT2D eigenvalue weighted by atomic mass is 10.2. The summed E-state index contributed by atoms with van der Waals surface area (Å²) >= 11 is 6.01. The van der Waals surface area contributed by atoms with Crippen molar-refractivity contribution in [2.45, 2.75) is 20.0 Å². The summed E-state index contributed by atoms with van der Waals surface area (Å²) in [6, 6.07) is 5.89. The molecular formula is C13H17ClN2O. The largest absolute Gasteiger partial charge is 0.395 e. The van der Waals surface area contributed by atoms with Gasteiger partial charge in [-0.25, -0.2) is 0 Å². The Morgan fingerprint density at radius 1 is 1.41 bits per heavy atom. The van der Waals surface area contributed by atoms with Gasteiger partial charge in [-0.15, -0.1) is 0 Å². The number of rotatable bonds is 5. The summed E-state index contributed by atoms with van der Waals surface area (Å²) in [5.41, 5.74) is 2.33. The van der Waals surface area contributed by atoms with Crippen LogP contribution in [0.15, 0.2) is 24.4 Å². The Morgan fingerprint density at radius 3 is 2.94 bits per heavy atom. The molecule has 0 aliphatic rings. The number of nitrogens with zero attached hydrogens (tertiary/aromatic N) is 1. The van der Waals surface area contributed by atoms with E-state index in [1.54, 1.807) is 0 Å². The van der Waals surface area contributed by atoms with Crippen LogP contribution < -0.4 is 5.32 Å². The maximum absolute atomic E-state index is 9.06. The molecule has 1 aromatic carbocycles. The summed E-state index contributed by atoms with van der Waals surface area (Å²) in [5, 5.41) is 14.3. The number of halogens is 1. The van der Waals surface area contributed by atoms with Crippen molar-refractivity contribution in [2.75, 3.05) is 13.2 Å². The SMILES string of the molecule is CCNCc1cn(CCO)c2cc(Cl)ccc12. The number of nitrogens with one attached hydrogen (secondary N) is 1. The van der Waals surface area contributed by atoms with E-state index in [4.69, 9.17) is 16.7 Å². The van der Waals surface area contributed by atoms with Crippen molar-refractivity contribution in [3.63, 3.8) is 0 Å². The smallest absolute Gasteiger partial charge is 0.0610 e. The number of aromatic nitrogens is 1. The molecule has 0 aliphatic heterocycles. The quantitative estimate of drug-likeness (QED) is 0.858. The molecule has 0 aliphatic carbocycles. The maximum Gasteiger partial charge on any atom is 0.0610 e. The standard InChI is InChI=1S/C13H17ClN2O/c1-2-15-8-10-9-16(5-6-17)13-7-11(14)3-4-12(10)13/h3-4,7,9,15,17H,2,5-6,8H2,1H3. The van der Waals surface area contributed by atoms with Crippen molar-refractivity contribution in [2.24, 2.45) is 0 Å². The van der Waals surface area contributed by atoms with Gasteiger partial charge in [-0.3, -0.25) is 0 Å². The highest BCUT2D eigenvalue weighted by Crippen LogP contribution is 2.24. The van der Waals surface area contributed by atoms with Gasteiger partial charge in [0, 0.05) is 35.2 Å². The molecule has 4 heteroatoms. The second-order valence-corrected chi connectivity index (χ2v) is 4.45. The zero-order chi connectivity index (χ0) is 12.3. The highest BCUT2D eigenvalue weighted by Gasteiger charge is 2.08. The average molecular weight is 253 g/mol. The van der Waals surface area contributed by atoms with E-state index in [-0.39, 0.29) is 6.61 Å². The Bertz CT molecular complexity index is 507. The molecular weight excluding hydrogens is 236 g/mol. The first-order valence-corrected chi connectivity index (χ1v) is 6.23. The van der Waals surface area contributed by atoms with E-state index in [9.17, 15) is 0 Å². The lowest BCUT2D eigenvalue weighted by Gasteiger charge is -2.01. The highest BCUT2D eigenvalue weighted by molar-refractivity contribution is 6.31. The molecule has 92 valence electrons. The molecule has 0 spiro atoms. The van der Waals surface area contributed by atoms with Gasteiger partial charge in [0.25, 0.3) is 0 Å². The van der Waals surface area contributed by atoms with E-state index in [2.05, 4.69) is 18.4 Å². The second kappa shape index (κ2) is 5.54. The number of benzene rings is 1. The van der Waals surface area contributed by atoms with Crippen molar-refractivity contribution >= 4 is 22.5 Å². The van der Waals surface area contributed by atoms with Crippen molar-refractivity contribution in [1.29, 1.82) is 0 Å². The zero-order valence-corrected chi connectivity index (χ0v) is 10.7. The van der Waals surface area contributed by atoms with Crippen LogP contribution in [0.5, 0.6) is 0 Å². The van der Waals surface area contributed by atoms with Crippen LogP contribution in [0, 0.1) is 0 Å². The average Bonchev–Trinajstić information content (AvgIpc) is 2.65. The van der Waals surface area contributed by atoms with E-state index < -0.39 is 0 Å². The van der Waals surface area contributed by atoms with Crippen molar-refractivity contribution in [3.8, 4) is 0 Å². The first-order valence-electron chi connectivity index (χ1n) is 5.85. The lowest BCUT2D eigenvalue weighted by molar-refractivity contribution is 0.278. The normalized spacial score (nSPS) is 11.2. The molecule has 0 radical (unpaired) electrons. The van der Waals surface area contributed by atoms with Gasteiger partial charge in [0.1, 0.15) is 0 Å². The molecule has 2 N–H and O–H groups in total. The van der Waals surface area contributed by atoms with Crippen molar-refractivity contribution in [3.05, 3.63) is 35.0 Å². The first-order chi connectivity index (χ1) is 8.26. The number of fused-ring (bicyclic) bond motifs is 1. The molecule has 1 heterocycles. The van der Waals surface area contributed by atoms with E-state index in [1.807, 2.05) is 22.8 Å². The van der Waals surface area contributed by atoms with Gasteiger partial charge >= 0.3 is 0 Å². The number of aliphatic hydroxyl groups is 1. The van der Waals surface area contributed by atoms with E-state index in [0.29, 0.717) is 6.54 Å². The predicted molar refractivity (Wildman–Crippen MR) is 71.4 cm³/mol. The monoisotopic (exact) mass is 252 g/mol. The molecule has 0 fully saturated rings. The van der Waals surface area contributed by atoms with Crippen LogP contribution >= 0.6 is 11.6 Å².